The molecule has 4 aliphatic rings. The molecule has 0 saturated carbocycles. The summed E-state index contributed by atoms with van der Waals surface area (Å²) in [7, 11) is 0. The molecule has 3 heterocycles. The SMILES string of the molecule is Cc1cc2c3c(c1)N(c1ccc4c(c1)C(C)(C)CCC4(C)C)c1c(oc4ccc(C(C)(C)C)cc14)B3c1ccc(-c3c(C)cccc3C)cc1N2c1ccc2c(c1)C(C)(C)CCC2(C)C. The number of hydrogen-bond donors (Lipinski definition) is 0. The first-order valence-corrected chi connectivity index (χ1v) is 24.4. The fourth-order valence-electron chi connectivity index (χ4n) is 12.5. The molecule has 330 valence electrons. The van der Waals surface area contributed by atoms with E-state index in [0.717, 1.165) is 17.7 Å². The molecule has 7 aromatic rings. The lowest BCUT2D eigenvalue weighted by molar-refractivity contribution is 0.332. The van der Waals surface area contributed by atoms with Crippen LogP contribution in [0.4, 0.5) is 34.1 Å². The zero-order chi connectivity index (χ0) is 45.9. The lowest BCUT2D eigenvalue weighted by Crippen LogP contribution is -2.61. The number of fused-ring (bicyclic) bond motifs is 8. The summed E-state index contributed by atoms with van der Waals surface area (Å²) in [5.74, 6) is 0. The highest BCUT2D eigenvalue weighted by atomic mass is 16.3. The predicted molar refractivity (Wildman–Crippen MR) is 279 cm³/mol. The van der Waals surface area contributed by atoms with Gasteiger partial charge in [-0.25, -0.2) is 0 Å². The molecule has 0 radical (unpaired) electrons. The Labute approximate surface area is 389 Å². The summed E-state index contributed by atoms with van der Waals surface area (Å²) in [6, 6.07) is 40.7. The van der Waals surface area contributed by atoms with Gasteiger partial charge in [0.2, 0.25) is 0 Å². The van der Waals surface area contributed by atoms with Gasteiger partial charge in [-0.2, -0.15) is 0 Å². The normalized spacial score (nSPS) is 18.5. The van der Waals surface area contributed by atoms with Crippen molar-refractivity contribution in [1.82, 2.24) is 0 Å². The number of aryl methyl sites for hydroxylation is 3. The lowest BCUT2D eigenvalue weighted by Gasteiger charge is -2.45. The van der Waals surface area contributed by atoms with Gasteiger partial charge in [0.1, 0.15) is 5.58 Å². The molecule has 2 aliphatic heterocycles. The molecular weight excluding hydrogens is 787 g/mol. The zero-order valence-electron chi connectivity index (χ0n) is 41.5. The number of rotatable bonds is 3. The number of hydrogen-bond acceptors (Lipinski definition) is 3. The lowest BCUT2D eigenvalue weighted by atomic mass is 9.35. The van der Waals surface area contributed by atoms with Crippen LogP contribution in [0.5, 0.6) is 0 Å². The van der Waals surface area contributed by atoms with E-state index >= 15 is 0 Å². The van der Waals surface area contributed by atoms with E-state index in [0.29, 0.717) is 0 Å². The first kappa shape index (κ1) is 42.2. The second-order valence-electron chi connectivity index (χ2n) is 24.1. The Morgan fingerprint density at radius 2 is 1.08 bits per heavy atom. The van der Waals surface area contributed by atoms with E-state index in [1.807, 2.05) is 0 Å². The van der Waals surface area contributed by atoms with Gasteiger partial charge in [-0.1, -0.05) is 125 Å². The minimum absolute atomic E-state index is 0.0262. The fourth-order valence-corrected chi connectivity index (χ4v) is 12.5. The minimum atomic E-state index is -0.114. The van der Waals surface area contributed by atoms with Crippen molar-refractivity contribution in [3.63, 3.8) is 0 Å². The van der Waals surface area contributed by atoms with Crippen LogP contribution in [0, 0.1) is 20.8 Å². The van der Waals surface area contributed by atoms with Crippen molar-refractivity contribution in [1.29, 1.82) is 0 Å². The summed E-state index contributed by atoms with van der Waals surface area (Å²) >= 11 is 0. The van der Waals surface area contributed by atoms with Gasteiger partial charge in [0.25, 0.3) is 6.71 Å². The van der Waals surface area contributed by atoms with E-state index in [2.05, 4.69) is 210 Å². The third kappa shape index (κ3) is 6.28. The largest absolute Gasteiger partial charge is 0.468 e. The molecule has 1 aromatic heterocycles. The second-order valence-corrected chi connectivity index (χ2v) is 24.1. The van der Waals surface area contributed by atoms with Crippen molar-refractivity contribution in [2.75, 3.05) is 9.80 Å². The first-order valence-electron chi connectivity index (χ1n) is 24.4. The van der Waals surface area contributed by atoms with E-state index in [-0.39, 0.29) is 33.8 Å². The summed E-state index contributed by atoms with van der Waals surface area (Å²) in [6.07, 6.45) is 4.71. The van der Waals surface area contributed by atoms with E-state index in [1.54, 1.807) is 0 Å². The third-order valence-electron chi connectivity index (χ3n) is 16.6. The van der Waals surface area contributed by atoms with Crippen LogP contribution in [0.1, 0.15) is 146 Å². The highest BCUT2D eigenvalue weighted by molar-refractivity contribution is 7.00. The van der Waals surface area contributed by atoms with Crippen molar-refractivity contribution in [3.05, 3.63) is 148 Å². The van der Waals surface area contributed by atoms with Crippen LogP contribution in [0.15, 0.2) is 108 Å². The first-order chi connectivity index (χ1) is 30.6. The molecule has 0 saturated heterocycles. The topological polar surface area (TPSA) is 19.6 Å². The summed E-state index contributed by atoms with van der Waals surface area (Å²) in [6.45, 7) is 33.2. The number of anilines is 6. The number of nitrogens with zero attached hydrogens (tertiary/aromatic N) is 2. The molecule has 6 aromatic carbocycles. The Bertz CT molecular complexity index is 3130. The summed E-state index contributed by atoms with van der Waals surface area (Å²) < 4.78 is 7.39. The average molecular weight is 855 g/mol. The van der Waals surface area contributed by atoms with Crippen LogP contribution in [0.3, 0.4) is 0 Å². The van der Waals surface area contributed by atoms with Crippen LogP contribution in [0.25, 0.3) is 22.1 Å². The van der Waals surface area contributed by atoms with Crippen LogP contribution in [0.2, 0.25) is 0 Å². The Morgan fingerprint density at radius 3 is 1.65 bits per heavy atom. The molecular formula is C61H67BN2O. The molecule has 3 nitrogen and oxygen atoms in total. The summed E-state index contributed by atoms with van der Waals surface area (Å²) in [5.41, 5.74) is 25.8. The molecule has 0 spiro atoms. The summed E-state index contributed by atoms with van der Waals surface area (Å²) in [5, 5.41) is 1.18. The number of furan rings is 1. The maximum atomic E-state index is 7.39. The van der Waals surface area contributed by atoms with E-state index < -0.39 is 0 Å². The smallest absolute Gasteiger partial charge is 0.297 e. The van der Waals surface area contributed by atoms with E-state index in [1.165, 1.54) is 125 Å². The van der Waals surface area contributed by atoms with Crippen LogP contribution < -0.4 is 26.4 Å². The third-order valence-corrected chi connectivity index (χ3v) is 16.6. The van der Waals surface area contributed by atoms with Crippen molar-refractivity contribution in [2.24, 2.45) is 0 Å². The Kier molecular flexibility index (Phi) is 8.95. The van der Waals surface area contributed by atoms with Gasteiger partial charge >= 0.3 is 0 Å². The monoisotopic (exact) mass is 855 g/mol. The quantitative estimate of drug-likeness (QED) is 0.165. The molecule has 0 unspecified atom stereocenters. The van der Waals surface area contributed by atoms with Crippen molar-refractivity contribution in [3.8, 4) is 11.1 Å². The van der Waals surface area contributed by atoms with Gasteiger partial charge in [0, 0.05) is 33.8 Å². The molecule has 0 amide bonds. The average Bonchev–Trinajstić information content (AvgIpc) is 3.62. The van der Waals surface area contributed by atoms with Crippen molar-refractivity contribution < 1.29 is 4.42 Å². The molecule has 65 heavy (non-hydrogen) atoms. The van der Waals surface area contributed by atoms with E-state index in [4.69, 9.17) is 4.42 Å². The van der Waals surface area contributed by atoms with Gasteiger partial charge in [-0.3, -0.25) is 0 Å². The maximum absolute atomic E-state index is 7.39. The van der Waals surface area contributed by atoms with Crippen molar-refractivity contribution in [2.45, 2.75) is 150 Å². The molecule has 11 rings (SSSR count). The van der Waals surface area contributed by atoms with Gasteiger partial charge in [0.15, 0.2) is 0 Å². The molecule has 0 atom stereocenters. The highest BCUT2D eigenvalue weighted by Gasteiger charge is 2.48. The van der Waals surface area contributed by atoms with Gasteiger partial charge in [0.05, 0.1) is 11.3 Å². The molecule has 2 aliphatic carbocycles. The molecule has 4 heteroatoms. The molecule has 0 fully saturated rings. The Balaban J connectivity index is 1.24. The highest BCUT2D eigenvalue weighted by Crippen LogP contribution is 2.53. The van der Waals surface area contributed by atoms with Gasteiger partial charge in [-0.15, -0.1) is 0 Å². The Morgan fingerprint density at radius 1 is 0.538 bits per heavy atom. The van der Waals surface area contributed by atoms with Gasteiger partial charge in [-0.05, 0) is 195 Å². The predicted octanol–water partition coefficient (Wildman–Crippen LogP) is 15.1. The second kappa shape index (κ2) is 13.8. The van der Waals surface area contributed by atoms with Crippen molar-refractivity contribution >= 4 is 68.4 Å². The minimum Gasteiger partial charge on any atom is -0.468 e. The fraction of sp³-hybridized carbons (Fsp3) is 0.377. The standard InChI is InChI=1S/C61H67BN2O/c1-36-30-50-54-51(31-36)64(42-21-23-45-47(35-42)61(13,14)29-27-59(45,9)10)55-43-33-40(57(4,5)6)19-25-52(43)65-56(55)62(54)48-24-18-39(53-37(2)16-15-17-38(53)3)32-49(48)63(50)41-20-22-44-46(34-41)60(11,12)28-26-58(44,7)8/h15-25,30-35H,26-29H2,1-14H3. The Hall–Kier alpha value is -5.48. The number of benzene rings is 6. The zero-order valence-corrected chi connectivity index (χ0v) is 41.5. The molecule has 0 bridgehead atoms. The maximum Gasteiger partial charge on any atom is 0.297 e. The molecule has 0 N–H and O–H groups in total. The van der Waals surface area contributed by atoms with Crippen LogP contribution in [-0.4, -0.2) is 6.71 Å². The summed E-state index contributed by atoms with van der Waals surface area (Å²) in [4.78, 5) is 5.22. The van der Waals surface area contributed by atoms with E-state index in [9.17, 15) is 0 Å². The van der Waals surface area contributed by atoms with Gasteiger partial charge < -0.3 is 14.2 Å². The van der Waals surface area contributed by atoms with Crippen LogP contribution >= 0.6 is 0 Å². The van der Waals surface area contributed by atoms with Crippen LogP contribution in [-0.2, 0) is 27.1 Å².